The van der Waals surface area contributed by atoms with Crippen molar-refractivity contribution in [2.75, 3.05) is 13.7 Å². The summed E-state index contributed by atoms with van der Waals surface area (Å²) >= 11 is 6.08. The molecule has 4 nitrogen and oxygen atoms in total. The predicted octanol–water partition coefficient (Wildman–Crippen LogP) is 3.30. The smallest absolute Gasteiger partial charge is 0.124 e. The number of hydrazine groups is 1. The number of nitrogens with two attached hydrogens (primary N) is 1. The highest BCUT2D eigenvalue weighted by Gasteiger charge is 2.17. The number of nitrogens with one attached hydrogen (secondary N) is 1. The molecule has 1 atom stereocenters. The van der Waals surface area contributed by atoms with E-state index in [4.69, 9.17) is 26.9 Å². The van der Waals surface area contributed by atoms with Gasteiger partial charge in [0.05, 0.1) is 19.8 Å². The fraction of sp³-hybridized carbons (Fsp3) is 0.250. The molecule has 5 heteroatoms. The van der Waals surface area contributed by atoms with Gasteiger partial charge in [0.1, 0.15) is 11.5 Å². The molecule has 21 heavy (non-hydrogen) atoms. The number of rotatable bonds is 6. The third kappa shape index (κ3) is 3.67. The van der Waals surface area contributed by atoms with Crippen molar-refractivity contribution in [3.8, 4) is 11.5 Å². The highest BCUT2D eigenvalue weighted by molar-refractivity contribution is 6.30. The van der Waals surface area contributed by atoms with Gasteiger partial charge in [-0.15, -0.1) is 0 Å². The fourth-order valence-electron chi connectivity index (χ4n) is 2.22. The standard InChI is InChI=1S/C16H19ClN2O2/c1-3-21-13-7-4-11(5-8-13)16(19-18)14-10-12(17)6-9-15(14)20-2/h4-10,16,19H,3,18H2,1-2H3. The Balaban J connectivity index is 2.37. The van der Waals surface area contributed by atoms with E-state index in [0.29, 0.717) is 11.6 Å². The first kappa shape index (κ1) is 15.6. The van der Waals surface area contributed by atoms with Crippen LogP contribution < -0.4 is 20.7 Å². The molecule has 0 saturated carbocycles. The monoisotopic (exact) mass is 306 g/mol. The van der Waals surface area contributed by atoms with Gasteiger partial charge >= 0.3 is 0 Å². The van der Waals surface area contributed by atoms with Crippen molar-refractivity contribution in [3.05, 3.63) is 58.6 Å². The van der Waals surface area contributed by atoms with Crippen LogP contribution in [-0.4, -0.2) is 13.7 Å². The average Bonchev–Trinajstić information content (AvgIpc) is 2.50. The van der Waals surface area contributed by atoms with Gasteiger partial charge < -0.3 is 9.47 Å². The van der Waals surface area contributed by atoms with Crippen LogP contribution in [0.5, 0.6) is 11.5 Å². The first-order valence-electron chi connectivity index (χ1n) is 6.72. The van der Waals surface area contributed by atoms with Crippen molar-refractivity contribution in [2.24, 2.45) is 5.84 Å². The SMILES string of the molecule is CCOc1ccc(C(NN)c2cc(Cl)ccc2OC)cc1. The van der Waals surface area contributed by atoms with Crippen molar-refractivity contribution in [2.45, 2.75) is 13.0 Å². The Hall–Kier alpha value is -1.75. The third-order valence-electron chi connectivity index (χ3n) is 3.19. The van der Waals surface area contributed by atoms with Crippen molar-refractivity contribution >= 4 is 11.6 Å². The lowest BCUT2D eigenvalue weighted by atomic mass is 9.98. The zero-order chi connectivity index (χ0) is 15.2. The van der Waals surface area contributed by atoms with Crippen LogP contribution in [0.1, 0.15) is 24.1 Å². The summed E-state index contributed by atoms with van der Waals surface area (Å²) in [6.07, 6.45) is 0. The van der Waals surface area contributed by atoms with Crippen molar-refractivity contribution < 1.29 is 9.47 Å². The maximum absolute atomic E-state index is 6.08. The Morgan fingerprint density at radius 1 is 1.19 bits per heavy atom. The van der Waals surface area contributed by atoms with Gasteiger partial charge in [-0.25, -0.2) is 5.43 Å². The molecule has 2 rings (SSSR count). The second kappa shape index (κ2) is 7.31. The molecule has 0 heterocycles. The zero-order valence-corrected chi connectivity index (χ0v) is 12.9. The molecule has 0 bridgehead atoms. The van der Waals surface area contributed by atoms with Gasteiger partial charge in [-0.1, -0.05) is 23.7 Å². The lowest BCUT2D eigenvalue weighted by molar-refractivity contribution is 0.340. The molecule has 2 aromatic carbocycles. The molecule has 0 spiro atoms. The van der Waals surface area contributed by atoms with Gasteiger partial charge in [-0.3, -0.25) is 5.84 Å². The molecule has 0 saturated heterocycles. The molecule has 2 aromatic rings. The van der Waals surface area contributed by atoms with Gasteiger partial charge in [0.2, 0.25) is 0 Å². The lowest BCUT2D eigenvalue weighted by Gasteiger charge is -2.20. The molecular weight excluding hydrogens is 288 g/mol. The number of halogens is 1. The Morgan fingerprint density at radius 3 is 2.48 bits per heavy atom. The summed E-state index contributed by atoms with van der Waals surface area (Å²) in [5, 5.41) is 0.636. The maximum atomic E-state index is 6.08. The number of hydrogen-bond donors (Lipinski definition) is 2. The first-order chi connectivity index (χ1) is 10.2. The summed E-state index contributed by atoms with van der Waals surface area (Å²) in [7, 11) is 1.62. The van der Waals surface area contributed by atoms with E-state index in [1.54, 1.807) is 13.2 Å². The molecule has 0 amide bonds. The second-order valence-electron chi connectivity index (χ2n) is 4.49. The maximum Gasteiger partial charge on any atom is 0.124 e. The highest BCUT2D eigenvalue weighted by atomic mass is 35.5. The average molecular weight is 307 g/mol. The largest absolute Gasteiger partial charge is 0.496 e. The van der Waals surface area contributed by atoms with Gasteiger partial charge in [-0.2, -0.15) is 0 Å². The van der Waals surface area contributed by atoms with Gasteiger partial charge in [0.15, 0.2) is 0 Å². The van der Waals surface area contributed by atoms with Crippen LogP contribution in [0.3, 0.4) is 0 Å². The number of ether oxygens (including phenoxy) is 2. The molecule has 0 radical (unpaired) electrons. The quantitative estimate of drug-likeness (QED) is 0.635. The minimum atomic E-state index is -0.214. The molecule has 0 aliphatic heterocycles. The third-order valence-corrected chi connectivity index (χ3v) is 3.43. The van der Waals surface area contributed by atoms with Crippen LogP contribution >= 0.6 is 11.6 Å². The molecule has 112 valence electrons. The van der Waals surface area contributed by atoms with E-state index in [2.05, 4.69) is 5.43 Å². The second-order valence-corrected chi connectivity index (χ2v) is 4.92. The van der Waals surface area contributed by atoms with Crippen LogP contribution in [0, 0.1) is 0 Å². The Morgan fingerprint density at radius 2 is 1.90 bits per heavy atom. The summed E-state index contributed by atoms with van der Waals surface area (Å²) in [5.74, 6) is 7.29. The predicted molar refractivity (Wildman–Crippen MR) is 84.8 cm³/mol. The molecular formula is C16H19ClN2O2. The van der Waals surface area contributed by atoms with Gasteiger partial charge in [0.25, 0.3) is 0 Å². The highest BCUT2D eigenvalue weighted by Crippen LogP contribution is 2.32. The summed E-state index contributed by atoms with van der Waals surface area (Å²) in [6.45, 7) is 2.59. The minimum absolute atomic E-state index is 0.214. The Kier molecular flexibility index (Phi) is 5.44. The van der Waals surface area contributed by atoms with Crippen molar-refractivity contribution in [3.63, 3.8) is 0 Å². The van der Waals surface area contributed by atoms with Crippen LogP contribution in [0.4, 0.5) is 0 Å². The van der Waals surface area contributed by atoms with Crippen LogP contribution in [0.2, 0.25) is 5.02 Å². The van der Waals surface area contributed by atoms with E-state index < -0.39 is 0 Å². The summed E-state index contributed by atoms with van der Waals surface area (Å²) in [6, 6.07) is 13.0. The number of hydrogen-bond acceptors (Lipinski definition) is 4. The summed E-state index contributed by atoms with van der Waals surface area (Å²) in [5.41, 5.74) is 4.70. The van der Waals surface area contributed by atoms with Crippen LogP contribution in [-0.2, 0) is 0 Å². The first-order valence-corrected chi connectivity index (χ1v) is 7.09. The number of methoxy groups -OCH3 is 1. The Bertz CT molecular complexity index is 587. The van der Waals surface area contributed by atoms with E-state index in [-0.39, 0.29) is 6.04 Å². The molecule has 0 aliphatic rings. The van der Waals surface area contributed by atoms with Crippen LogP contribution in [0.15, 0.2) is 42.5 Å². The molecule has 3 N–H and O–H groups in total. The van der Waals surface area contributed by atoms with E-state index in [1.165, 1.54) is 0 Å². The normalized spacial score (nSPS) is 12.0. The lowest BCUT2D eigenvalue weighted by Crippen LogP contribution is -2.29. The molecule has 1 unspecified atom stereocenters. The van der Waals surface area contributed by atoms with E-state index in [9.17, 15) is 0 Å². The van der Waals surface area contributed by atoms with Crippen molar-refractivity contribution in [1.82, 2.24) is 5.43 Å². The van der Waals surface area contributed by atoms with Gasteiger partial charge in [-0.05, 0) is 42.8 Å². The Labute approximate surface area is 129 Å². The number of benzene rings is 2. The molecule has 0 aliphatic carbocycles. The van der Waals surface area contributed by atoms with Crippen LogP contribution in [0.25, 0.3) is 0 Å². The van der Waals surface area contributed by atoms with E-state index in [0.717, 1.165) is 22.6 Å². The molecule has 0 fully saturated rings. The topological polar surface area (TPSA) is 56.5 Å². The summed E-state index contributed by atoms with van der Waals surface area (Å²) in [4.78, 5) is 0. The zero-order valence-electron chi connectivity index (χ0n) is 12.1. The van der Waals surface area contributed by atoms with Crippen molar-refractivity contribution in [1.29, 1.82) is 0 Å². The van der Waals surface area contributed by atoms with E-state index >= 15 is 0 Å². The molecule has 0 aromatic heterocycles. The minimum Gasteiger partial charge on any atom is -0.496 e. The van der Waals surface area contributed by atoms with Gasteiger partial charge in [0, 0.05) is 10.6 Å². The van der Waals surface area contributed by atoms with E-state index in [1.807, 2.05) is 43.3 Å². The fourth-order valence-corrected chi connectivity index (χ4v) is 2.40. The summed E-state index contributed by atoms with van der Waals surface area (Å²) < 4.78 is 10.8.